The number of benzene rings is 1. The Balaban J connectivity index is 2.69. The SMILES string of the molecule is CC(C)(Cc1ccc(Cl)cc1)NO. The lowest BCUT2D eigenvalue weighted by molar-refractivity contribution is 0.0817. The Labute approximate surface area is 83.5 Å². The maximum Gasteiger partial charge on any atom is 0.0414 e. The molecule has 0 saturated heterocycles. The van der Waals surface area contributed by atoms with Gasteiger partial charge in [0, 0.05) is 10.6 Å². The van der Waals surface area contributed by atoms with Crippen molar-refractivity contribution < 1.29 is 5.21 Å². The van der Waals surface area contributed by atoms with Crippen LogP contribution in [-0.4, -0.2) is 10.7 Å². The Kier molecular flexibility index (Phi) is 3.31. The maximum absolute atomic E-state index is 8.83. The molecular formula is C10H14ClNO. The van der Waals surface area contributed by atoms with E-state index in [-0.39, 0.29) is 5.54 Å². The van der Waals surface area contributed by atoms with Crippen molar-refractivity contribution in [2.75, 3.05) is 0 Å². The van der Waals surface area contributed by atoms with Gasteiger partial charge in [-0.2, -0.15) is 5.48 Å². The second kappa shape index (κ2) is 4.09. The molecule has 0 heterocycles. The van der Waals surface area contributed by atoms with Gasteiger partial charge in [0.2, 0.25) is 0 Å². The average Bonchev–Trinajstić information content (AvgIpc) is 2.09. The summed E-state index contributed by atoms with van der Waals surface area (Å²) in [6, 6.07) is 7.62. The molecule has 0 aliphatic heterocycles. The summed E-state index contributed by atoms with van der Waals surface area (Å²) < 4.78 is 0. The molecule has 3 heteroatoms. The van der Waals surface area contributed by atoms with E-state index in [0.29, 0.717) is 0 Å². The van der Waals surface area contributed by atoms with Crippen molar-refractivity contribution in [1.29, 1.82) is 0 Å². The number of hydrogen-bond acceptors (Lipinski definition) is 2. The van der Waals surface area contributed by atoms with E-state index in [1.807, 2.05) is 38.1 Å². The highest BCUT2D eigenvalue weighted by Crippen LogP contribution is 2.15. The zero-order valence-corrected chi connectivity index (χ0v) is 8.60. The zero-order valence-electron chi connectivity index (χ0n) is 7.84. The van der Waals surface area contributed by atoms with Crippen LogP contribution in [0.2, 0.25) is 5.02 Å². The second-order valence-corrected chi connectivity index (χ2v) is 4.24. The van der Waals surface area contributed by atoms with Crippen LogP contribution in [0.1, 0.15) is 19.4 Å². The van der Waals surface area contributed by atoms with Crippen LogP contribution in [0, 0.1) is 0 Å². The van der Waals surface area contributed by atoms with E-state index in [0.717, 1.165) is 17.0 Å². The molecule has 1 aromatic rings. The fourth-order valence-corrected chi connectivity index (χ4v) is 1.28. The topological polar surface area (TPSA) is 32.3 Å². The summed E-state index contributed by atoms with van der Waals surface area (Å²) in [5.41, 5.74) is 3.12. The summed E-state index contributed by atoms with van der Waals surface area (Å²) in [6.45, 7) is 3.86. The third-order valence-electron chi connectivity index (χ3n) is 1.86. The van der Waals surface area contributed by atoms with Crippen LogP contribution < -0.4 is 5.48 Å². The van der Waals surface area contributed by atoms with E-state index in [9.17, 15) is 0 Å². The lowest BCUT2D eigenvalue weighted by atomic mass is 9.96. The van der Waals surface area contributed by atoms with Crippen molar-refractivity contribution in [3.8, 4) is 0 Å². The van der Waals surface area contributed by atoms with E-state index in [2.05, 4.69) is 5.48 Å². The largest absolute Gasteiger partial charge is 0.316 e. The van der Waals surface area contributed by atoms with Crippen molar-refractivity contribution in [1.82, 2.24) is 5.48 Å². The van der Waals surface area contributed by atoms with Gasteiger partial charge in [-0.25, -0.2) is 0 Å². The minimum Gasteiger partial charge on any atom is -0.316 e. The minimum atomic E-state index is -0.298. The van der Waals surface area contributed by atoms with Crippen molar-refractivity contribution >= 4 is 11.6 Å². The average molecular weight is 200 g/mol. The Morgan fingerprint density at radius 1 is 1.31 bits per heavy atom. The first-order valence-electron chi connectivity index (χ1n) is 4.19. The quantitative estimate of drug-likeness (QED) is 0.734. The number of nitrogens with one attached hydrogen (secondary N) is 1. The van der Waals surface area contributed by atoms with Crippen LogP contribution in [-0.2, 0) is 6.42 Å². The van der Waals surface area contributed by atoms with Gasteiger partial charge < -0.3 is 5.21 Å². The molecule has 0 aromatic heterocycles. The summed E-state index contributed by atoms with van der Waals surface area (Å²) in [5, 5.41) is 9.57. The summed E-state index contributed by atoms with van der Waals surface area (Å²) in [5.74, 6) is 0. The fraction of sp³-hybridized carbons (Fsp3) is 0.400. The molecule has 0 fully saturated rings. The molecule has 0 amide bonds. The molecular weight excluding hydrogens is 186 g/mol. The monoisotopic (exact) mass is 199 g/mol. The molecule has 1 rings (SSSR count). The molecule has 2 N–H and O–H groups in total. The lowest BCUT2D eigenvalue weighted by Gasteiger charge is -2.22. The van der Waals surface area contributed by atoms with Crippen LogP contribution >= 0.6 is 11.6 Å². The van der Waals surface area contributed by atoms with Gasteiger partial charge in [-0.1, -0.05) is 23.7 Å². The third kappa shape index (κ3) is 3.35. The highest BCUT2D eigenvalue weighted by atomic mass is 35.5. The van der Waals surface area contributed by atoms with Crippen molar-refractivity contribution in [2.45, 2.75) is 25.8 Å². The van der Waals surface area contributed by atoms with E-state index < -0.39 is 0 Å². The van der Waals surface area contributed by atoms with Crippen LogP contribution in [0.15, 0.2) is 24.3 Å². The van der Waals surface area contributed by atoms with Gasteiger partial charge in [-0.3, -0.25) is 0 Å². The standard InChI is InChI=1S/C10H14ClNO/c1-10(2,12-13)7-8-3-5-9(11)6-4-8/h3-6,12-13H,7H2,1-2H3. The molecule has 13 heavy (non-hydrogen) atoms. The van der Waals surface area contributed by atoms with E-state index in [1.54, 1.807) is 0 Å². The lowest BCUT2D eigenvalue weighted by Crippen LogP contribution is -2.38. The Bertz CT molecular complexity index is 269. The highest BCUT2D eigenvalue weighted by Gasteiger charge is 2.16. The normalized spacial score (nSPS) is 11.7. The molecule has 0 aliphatic carbocycles. The van der Waals surface area contributed by atoms with E-state index in [1.165, 1.54) is 0 Å². The zero-order chi connectivity index (χ0) is 9.90. The molecule has 0 unspecified atom stereocenters. The molecule has 0 bridgehead atoms. The molecule has 2 nitrogen and oxygen atoms in total. The summed E-state index contributed by atoms with van der Waals surface area (Å²) >= 11 is 5.75. The Morgan fingerprint density at radius 3 is 2.31 bits per heavy atom. The van der Waals surface area contributed by atoms with Crippen LogP contribution in [0.4, 0.5) is 0 Å². The van der Waals surface area contributed by atoms with Gasteiger partial charge in [0.05, 0.1) is 0 Å². The van der Waals surface area contributed by atoms with Gasteiger partial charge in [-0.15, -0.1) is 0 Å². The maximum atomic E-state index is 8.83. The first kappa shape index (κ1) is 10.5. The first-order chi connectivity index (χ1) is 6.03. The van der Waals surface area contributed by atoms with Crippen molar-refractivity contribution in [3.63, 3.8) is 0 Å². The fourth-order valence-electron chi connectivity index (χ4n) is 1.15. The highest BCUT2D eigenvalue weighted by molar-refractivity contribution is 6.30. The Hall–Kier alpha value is -0.570. The third-order valence-corrected chi connectivity index (χ3v) is 2.11. The summed E-state index contributed by atoms with van der Waals surface area (Å²) in [6.07, 6.45) is 0.765. The second-order valence-electron chi connectivity index (χ2n) is 3.80. The summed E-state index contributed by atoms with van der Waals surface area (Å²) in [4.78, 5) is 0. The molecule has 0 atom stereocenters. The van der Waals surface area contributed by atoms with Crippen LogP contribution in [0.3, 0.4) is 0 Å². The smallest absolute Gasteiger partial charge is 0.0414 e. The summed E-state index contributed by atoms with van der Waals surface area (Å²) in [7, 11) is 0. The molecule has 0 saturated carbocycles. The molecule has 1 aromatic carbocycles. The van der Waals surface area contributed by atoms with E-state index >= 15 is 0 Å². The van der Waals surface area contributed by atoms with Gasteiger partial charge >= 0.3 is 0 Å². The Morgan fingerprint density at radius 2 is 1.85 bits per heavy atom. The molecule has 72 valence electrons. The van der Waals surface area contributed by atoms with Crippen LogP contribution in [0.5, 0.6) is 0 Å². The predicted octanol–water partition coefficient (Wildman–Crippen LogP) is 2.64. The van der Waals surface area contributed by atoms with Gasteiger partial charge in [0.15, 0.2) is 0 Å². The number of hydroxylamine groups is 1. The predicted molar refractivity (Wildman–Crippen MR) is 54.2 cm³/mol. The van der Waals surface area contributed by atoms with Crippen LogP contribution in [0.25, 0.3) is 0 Å². The van der Waals surface area contributed by atoms with Gasteiger partial charge in [0.1, 0.15) is 0 Å². The molecule has 0 aliphatic rings. The first-order valence-corrected chi connectivity index (χ1v) is 4.57. The number of halogens is 1. The minimum absolute atomic E-state index is 0.298. The van der Waals surface area contributed by atoms with Crippen molar-refractivity contribution in [3.05, 3.63) is 34.9 Å². The number of hydrogen-bond donors (Lipinski definition) is 2. The molecule has 0 radical (unpaired) electrons. The van der Waals surface area contributed by atoms with Crippen molar-refractivity contribution in [2.24, 2.45) is 0 Å². The molecule has 0 spiro atoms. The van der Waals surface area contributed by atoms with Gasteiger partial charge in [-0.05, 0) is 38.0 Å². The van der Waals surface area contributed by atoms with E-state index in [4.69, 9.17) is 16.8 Å². The van der Waals surface area contributed by atoms with Gasteiger partial charge in [0.25, 0.3) is 0 Å². The number of rotatable bonds is 3.